The molecule has 4 aliphatic rings. The maximum Gasteiger partial charge on any atom is 0.0479 e. The SMILES string of the molecule is CC(C)(C1CC2CCCCC2C1)C1CC2CCCCC2C1[Si](C)(C)C. The summed E-state index contributed by atoms with van der Waals surface area (Å²) >= 11 is 0. The van der Waals surface area contributed by atoms with Crippen LogP contribution in [0.25, 0.3) is 0 Å². The van der Waals surface area contributed by atoms with Gasteiger partial charge in [-0.25, -0.2) is 0 Å². The zero-order valence-electron chi connectivity index (χ0n) is 17.8. The van der Waals surface area contributed by atoms with Crippen molar-refractivity contribution < 1.29 is 0 Å². The van der Waals surface area contributed by atoms with E-state index in [2.05, 4.69) is 33.5 Å². The molecule has 0 heterocycles. The van der Waals surface area contributed by atoms with Crippen LogP contribution < -0.4 is 0 Å². The monoisotopic (exact) mass is 360 g/mol. The third-order valence-electron chi connectivity index (χ3n) is 9.67. The molecular formula is C24H44Si. The lowest BCUT2D eigenvalue weighted by Gasteiger charge is -2.46. The second-order valence-corrected chi connectivity index (χ2v) is 17.6. The molecule has 4 rings (SSSR count). The van der Waals surface area contributed by atoms with Crippen molar-refractivity contribution in [3.63, 3.8) is 0 Å². The Morgan fingerprint density at radius 1 is 0.680 bits per heavy atom. The van der Waals surface area contributed by atoms with Crippen molar-refractivity contribution in [1.29, 1.82) is 0 Å². The van der Waals surface area contributed by atoms with E-state index in [1.54, 1.807) is 44.9 Å². The standard InChI is InChI=1S/C24H44Si/c1-24(2,20-14-17-10-6-7-11-18(17)15-20)22-16-19-12-8-9-13-21(19)23(22)25(3,4)5/h17-23H,6-16H2,1-5H3. The fourth-order valence-electron chi connectivity index (χ4n) is 8.43. The minimum Gasteiger partial charge on any atom is -0.0693 e. The first-order valence-corrected chi connectivity index (χ1v) is 15.4. The van der Waals surface area contributed by atoms with E-state index in [0.29, 0.717) is 5.41 Å². The minimum absolute atomic E-state index is 0.597. The van der Waals surface area contributed by atoms with Crippen molar-refractivity contribution in [2.24, 2.45) is 40.9 Å². The number of rotatable bonds is 3. The Bertz CT molecular complexity index is 459. The quantitative estimate of drug-likeness (QED) is 0.451. The predicted molar refractivity (Wildman–Crippen MR) is 113 cm³/mol. The first-order valence-electron chi connectivity index (χ1n) is 11.8. The van der Waals surface area contributed by atoms with Gasteiger partial charge in [-0.2, -0.15) is 0 Å². The number of fused-ring (bicyclic) bond motifs is 2. The smallest absolute Gasteiger partial charge is 0.0479 e. The number of hydrogen-bond donors (Lipinski definition) is 0. The molecule has 0 nitrogen and oxygen atoms in total. The lowest BCUT2D eigenvalue weighted by atomic mass is 9.67. The van der Waals surface area contributed by atoms with Crippen LogP contribution in [0.3, 0.4) is 0 Å². The topological polar surface area (TPSA) is 0 Å². The van der Waals surface area contributed by atoms with Crippen LogP contribution in [0, 0.1) is 40.9 Å². The summed E-state index contributed by atoms with van der Waals surface area (Å²) in [4.78, 5) is 0. The van der Waals surface area contributed by atoms with Crippen LogP contribution in [0.5, 0.6) is 0 Å². The Labute approximate surface area is 158 Å². The van der Waals surface area contributed by atoms with Gasteiger partial charge in [0, 0.05) is 8.07 Å². The summed E-state index contributed by atoms with van der Waals surface area (Å²) in [7, 11) is -1.09. The average molecular weight is 361 g/mol. The van der Waals surface area contributed by atoms with E-state index in [9.17, 15) is 0 Å². The highest BCUT2D eigenvalue weighted by Crippen LogP contribution is 2.64. The summed E-state index contributed by atoms with van der Waals surface area (Å²) in [6, 6.07) is 0. The van der Waals surface area contributed by atoms with Crippen LogP contribution in [0.1, 0.15) is 84.5 Å². The highest BCUT2D eigenvalue weighted by Gasteiger charge is 2.56. The normalized spacial score (nSPS) is 45.2. The Morgan fingerprint density at radius 3 is 1.76 bits per heavy atom. The van der Waals surface area contributed by atoms with E-state index in [4.69, 9.17) is 0 Å². The zero-order valence-corrected chi connectivity index (χ0v) is 18.8. The van der Waals surface area contributed by atoms with Crippen molar-refractivity contribution >= 4 is 8.07 Å². The van der Waals surface area contributed by atoms with Gasteiger partial charge in [-0.1, -0.05) is 84.9 Å². The van der Waals surface area contributed by atoms with Gasteiger partial charge in [0.2, 0.25) is 0 Å². The summed E-state index contributed by atoms with van der Waals surface area (Å²) < 4.78 is 0. The molecule has 0 bridgehead atoms. The molecule has 0 aromatic heterocycles. The molecule has 0 aromatic carbocycles. The third-order valence-corrected chi connectivity index (χ3v) is 12.5. The Kier molecular flexibility index (Phi) is 4.96. The lowest BCUT2D eigenvalue weighted by Crippen LogP contribution is -2.42. The molecule has 0 saturated heterocycles. The molecule has 0 amide bonds. The summed E-state index contributed by atoms with van der Waals surface area (Å²) in [5.41, 5.74) is 1.70. The van der Waals surface area contributed by atoms with E-state index in [1.807, 2.05) is 0 Å². The molecule has 6 unspecified atom stereocenters. The fraction of sp³-hybridized carbons (Fsp3) is 1.00. The van der Waals surface area contributed by atoms with Crippen molar-refractivity contribution in [3.05, 3.63) is 0 Å². The van der Waals surface area contributed by atoms with Gasteiger partial charge in [-0.3, -0.25) is 0 Å². The van der Waals surface area contributed by atoms with Gasteiger partial charge < -0.3 is 0 Å². The first-order chi connectivity index (χ1) is 11.8. The Balaban J connectivity index is 1.57. The third kappa shape index (κ3) is 3.30. The molecule has 25 heavy (non-hydrogen) atoms. The van der Waals surface area contributed by atoms with Crippen LogP contribution >= 0.6 is 0 Å². The molecule has 0 radical (unpaired) electrons. The zero-order chi connectivity index (χ0) is 17.8. The van der Waals surface area contributed by atoms with Crippen LogP contribution in [-0.4, -0.2) is 8.07 Å². The molecule has 0 spiro atoms. The van der Waals surface area contributed by atoms with E-state index in [-0.39, 0.29) is 0 Å². The Hall–Kier alpha value is 0.217. The molecule has 144 valence electrons. The Morgan fingerprint density at radius 2 is 1.20 bits per heavy atom. The van der Waals surface area contributed by atoms with E-state index < -0.39 is 8.07 Å². The molecule has 4 fully saturated rings. The van der Waals surface area contributed by atoms with E-state index in [0.717, 1.165) is 41.0 Å². The summed E-state index contributed by atoms with van der Waals surface area (Å²) in [5.74, 6) is 6.48. The summed E-state index contributed by atoms with van der Waals surface area (Å²) in [6.07, 6.45) is 17.1. The lowest BCUT2D eigenvalue weighted by molar-refractivity contribution is 0.109. The second-order valence-electron chi connectivity index (χ2n) is 12.2. The first kappa shape index (κ1) is 18.6. The van der Waals surface area contributed by atoms with Gasteiger partial charge in [0.05, 0.1) is 0 Å². The average Bonchev–Trinajstić information content (AvgIpc) is 3.16. The van der Waals surface area contributed by atoms with Crippen LogP contribution in [0.2, 0.25) is 25.2 Å². The minimum atomic E-state index is -1.09. The maximum atomic E-state index is 2.73. The largest absolute Gasteiger partial charge is 0.0693 e. The van der Waals surface area contributed by atoms with Crippen molar-refractivity contribution in [3.8, 4) is 0 Å². The highest BCUT2D eigenvalue weighted by molar-refractivity contribution is 6.77. The van der Waals surface area contributed by atoms with Gasteiger partial charge in [0.25, 0.3) is 0 Å². The molecule has 4 saturated carbocycles. The summed E-state index contributed by atoms with van der Waals surface area (Å²) in [6.45, 7) is 13.6. The van der Waals surface area contributed by atoms with Crippen molar-refractivity contribution in [2.75, 3.05) is 0 Å². The second kappa shape index (κ2) is 6.68. The van der Waals surface area contributed by atoms with Crippen molar-refractivity contribution in [2.45, 2.75) is 110 Å². The molecule has 0 N–H and O–H groups in total. The molecule has 0 aliphatic heterocycles. The van der Waals surface area contributed by atoms with Gasteiger partial charge >= 0.3 is 0 Å². The van der Waals surface area contributed by atoms with Gasteiger partial charge in [-0.15, -0.1) is 0 Å². The number of hydrogen-bond acceptors (Lipinski definition) is 0. The van der Waals surface area contributed by atoms with Gasteiger partial charge in [-0.05, 0) is 65.7 Å². The van der Waals surface area contributed by atoms with Crippen LogP contribution in [0.15, 0.2) is 0 Å². The van der Waals surface area contributed by atoms with Gasteiger partial charge in [0.1, 0.15) is 0 Å². The molecule has 1 heteroatoms. The molecule has 6 atom stereocenters. The van der Waals surface area contributed by atoms with Crippen LogP contribution in [-0.2, 0) is 0 Å². The predicted octanol–water partition coefficient (Wildman–Crippen LogP) is 7.76. The van der Waals surface area contributed by atoms with E-state index in [1.165, 1.54) is 25.7 Å². The maximum absolute atomic E-state index is 2.73. The van der Waals surface area contributed by atoms with E-state index >= 15 is 0 Å². The molecular weight excluding hydrogens is 316 g/mol. The van der Waals surface area contributed by atoms with Crippen molar-refractivity contribution in [1.82, 2.24) is 0 Å². The highest BCUT2D eigenvalue weighted by atomic mass is 28.3. The van der Waals surface area contributed by atoms with Gasteiger partial charge in [0.15, 0.2) is 0 Å². The molecule has 0 aromatic rings. The summed E-state index contributed by atoms with van der Waals surface area (Å²) in [5, 5.41) is 0. The van der Waals surface area contributed by atoms with Crippen LogP contribution in [0.4, 0.5) is 0 Å². The molecule has 4 aliphatic carbocycles. The fourth-order valence-corrected chi connectivity index (χ4v) is 11.9.